The third-order valence-electron chi connectivity index (χ3n) is 4.22. The molecule has 2 amide bonds. The van der Waals surface area contributed by atoms with E-state index in [1.165, 1.54) is 0 Å². The summed E-state index contributed by atoms with van der Waals surface area (Å²) in [4.78, 5) is 31.8. The highest BCUT2D eigenvalue weighted by atomic mass is 16.2. The maximum Gasteiger partial charge on any atom is 0.290 e. The molecule has 136 valence electrons. The van der Waals surface area contributed by atoms with E-state index in [-0.39, 0.29) is 17.9 Å². The van der Waals surface area contributed by atoms with Gasteiger partial charge in [-0.15, -0.1) is 0 Å². The molecule has 0 aliphatic carbocycles. The van der Waals surface area contributed by atoms with Crippen LogP contribution in [0, 0.1) is 0 Å². The minimum Gasteiger partial charge on any atom is -0.348 e. The lowest BCUT2D eigenvalue weighted by molar-refractivity contribution is 0.0742. The van der Waals surface area contributed by atoms with Gasteiger partial charge in [-0.3, -0.25) is 14.0 Å². The van der Waals surface area contributed by atoms with Crippen molar-refractivity contribution in [3.8, 4) is 0 Å². The molecule has 0 spiro atoms. The number of carbonyl (C=O) groups is 2. The van der Waals surface area contributed by atoms with Crippen LogP contribution in [0.25, 0.3) is 5.52 Å². The summed E-state index contributed by atoms with van der Waals surface area (Å²) in [6, 6.07) is 5.57. The van der Waals surface area contributed by atoms with Gasteiger partial charge in [0.2, 0.25) is 5.82 Å². The summed E-state index contributed by atoms with van der Waals surface area (Å²) < 4.78 is 1.71. The van der Waals surface area contributed by atoms with Crippen molar-refractivity contribution in [2.75, 3.05) is 13.1 Å². The number of nitrogens with zero attached hydrogens (tertiary/aromatic N) is 3. The Balaban J connectivity index is 2.44. The Bertz CT molecular complexity index is 732. The van der Waals surface area contributed by atoms with Gasteiger partial charge < -0.3 is 10.2 Å². The first-order valence-corrected chi connectivity index (χ1v) is 9.10. The number of carbonyl (C=O) groups excluding carboxylic acids is 2. The van der Waals surface area contributed by atoms with Gasteiger partial charge in [0.1, 0.15) is 0 Å². The topological polar surface area (TPSA) is 66.7 Å². The van der Waals surface area contributed by atoms with Crippen LogP contribution in [0.2, 0.25) is 0 Å². The summed E-state index contributed by atoms with van der Waals surface area (Å²) in [5.74, 6) is -0.0751. The van der Waals surface area contributed by atoms with Gasteiger partial charge in [-0.05, 0) is 38.3 Å². The number of hydrogen-bond donors (Lipinski definition) is 1. The van der Waals surface area contributed by atoms with Crippen molar-refractivity contribution < 1.29 is 9.59 Å². The highest BCUT2D eigenvalue weighted by Crippen LogP contribution is 2.16. The normalized spacial score (nSPS) is 12.2. The van der Waals surface area contributed by atoms with Gasteiger partial charge in [-0.25, -0.2) is 4.98 Å². The number of hydrogen-bond acceptors (Lipinski definition) is 3. The average Bonchev–Trinajstić information content (AvgIpc) is 3.00. The van der Waals surface area contributed by atoms with E-state index in [1.54, 1.807) is 15.5 Å². The molecule has 1 unspecified atom stereocenters. The Morgan fingerprint density at radius 3 is 2.48 bits per heavy atom. The maximum absolute atomic E-state index is 13.0. The molecule has 2 aromatic heterocycles. The number of nitrogens with one attached hydrogen (secondary N) is 1. The molecule has 6 heteroatoms. The molecule has 2 rings (SSSR count). The number of amides is 2. The van der Waals surface area contributed by atoms with Crippen LogP contribution in [0.1, 0.15) is 68.1 Å². The van der Waals surface area contributed by atoms with E-state index in [4.69, 9.17) is 0 Å². The summed E-state index contributed by atoms with van der Waals surface area (Å²) in [5.41, 5.74) is 0.955. The Kier molecular flexibility index (Phi) is 6.56. The summed E-state index contributed by atoms with van der Waals surface area (Å²) >= 11 is 0. The third-order valence-corrected chi connectivity index (χ3v) is 4.22. The maximum atomic E-state index is 13.0. The Morgan fingerprint density at radius 1 is 1.20 bits per heavy atom. The van der Waals surface area contributed by atoms with Crippen molar-refractivity contribution >= 4 is 17.3 Å². The van der Waals surface area contributed by atoms with Crippen molar-refractivity contribution in [1.82, 2.24) is 19.6 Å². The number of rotatable bonds is 8. The highest BCUT2D eigenvalue weighted by molar-refractivity contribution is 6.02. The lowest BCUT2D eigenvalue weighted by Gasteiger charge is -2.20. The summed E-state index contributed by atoms with van der Waals surface area (Å²) in [6.07, 6.45) is 4.39. The molecule has 2 aromatic rings. The van der Waals surface area contributed by atoms with Crippen LogP contribution in [0.4, 0.5) is 0 Å². The largest absolute Gasteiger partial charge is 0.348 e. The molecular formula is C19H28N4O2. The fourth-order valence-electron chi connectivity index (χ4n) is 2.75. The van der Waals surface area contributed by atoms with Crippen LogP contribution in [0.5, 0.6) is 0 Å². The summed E-state index contributed by atoms with van der Waals surface area (Å²) in [7, 11) is 0. The van der Waals surface area contributed by atoms with Gasteiger partial charge in [0.05, 0.1) is 5.52 Å². The zero-order valence-corrected chi connectivity index (χ0v) is 15.6. The molecule has 0 saturated heterocycles. The van der Waals surface area contributed by atoms with Crippen molar-refractivity contribution in [2.45, 2.75) is 53.0 Å². The van der Waals surface area contributed by atoms with Gasteiger partial charge in [-0.1, -0.05) is 26.8 Å². The standard InChI is InChI=1S/C19H28N4O2/c1-5-11-22(12-6-2)19(25)17-21-16(18(24)20-14(4)7-3)15-10-8-9-13-23(15)17/h8-10,13-14H,5-7,11-12H2,1-4H3,(H,20,24). The first kappa shape index (κ1) is 19.0. The molecule has 0 aliphatic rings. The molecule has 1 N–H and O–H groups in total. The van der Waals surface area contributed by atoms with Crippen molar-refractivity contribution in [2.24, 2.45) is 0 Å². The van der Waals surface area contributed by atoms with Crippen LogP contribution in [0.3, 0.4) is 0 Å². The Hall–Kier alpha value is -2.37. The second kappa shape index (κ2) is 8.65. The lowest BCUT2D eigenvalue weighted by Crippen LogP contribution is -2.34. The van der Waals surface area contributed by atoms with Crippen LogP contribution in [0.15, 0.2) is 24.4 Å². The van der Waals surface area contributed by atoms with Crippen molar-refractivity contribution in [3.63, 3.8) is 0 Å². The molecule has 6 nitrogen and oxygen atoms in total. The molecule has 0 saturated carbocycles. The van der Waals surface area contributed by atoms with E-state index in [9.17, 15) is 9.59 Å². The molecule has 2 heterocycles. The minimum atomic E-state index is -0.241. The molecule has 0 radical (unpaired) electrons. The molecule has 0 aliphatic heterocycles. The molecule has 0 bridgehead atoms. The van der Waals surface area contributed by atoms with Crippen LogP contribution < -0.4 is 5.32 Å². The van der Waals surface area contributed by atoms with Gasteiger partial charge in [0.25, 0.3) is 11.8 Å². The second-order valence-corrected chi connectivity index (χ2v) is 6.31. The second-order valence-electron chi connectivity index (χ2n) is 6.31. The minimum absolute atomic E-state index is 0.0591. The highest BCUT2D eigenvalue weighted by Gasteiger charge is 2.24. The molecule has 1 atom stereocenters. The molecule has 0 fully saturated rings. The zero-order chi connectivity index (χ0) is 18.4. The van der Waals surface area contributed by atoms with Gasteiger partial charge in [0, 0.05) is 25.3 Å². The Morgan fingerprint density at radius 2 is 1.88 bits per heavy atom. The lowest BCUT2D eigenvalue weighted by atomic mass is 10.2. The predicted octanol–water partition coefficient (Wildman–Crippen LogP) is 3.12. The van der Waals surface area contributed by atoms with E-state index in [2.05, 4.69) is 10.3 Å². The van der Waals surface area contributed by atoms with Crippen LogP contribution >= 0.6 is 0 Å². The molecular weight excluding hydrogens is 316 g/mol. The summed E-state index contributed by atoms with van der Waals surface area (Å²) in [5, 5.41) is 2.93. The fourth-order valence-corrected chi connectivity index (χ4v) is 2.75. The number of imidazole rings is 1. The van der Waals surface area contributed by atoms with E-state index in [0.29, 0.717) is 30.1 Å². The van der Waals surface area contributed by atoms with Crippen LogP contribution in [-0.2, 0) is 0 Å². The molecule has 25 heavy (non-hydrogen) atoms. The van der Waals surface area contributed by atoms with E-state index in [1.807, 2.05) is 45.9 Å². The first-order valence-electron chi connectivity index (χ1n) is 9.10. The van der Waals surface area contributed by atoms with E-state index >= 15 is 0 Å². The van der Waals surface area contributed by atoms with Gasteiger partial charge in [0.15, 0.2) is 5.69 Å². The number of aromatic nitrogens is 2. The first-order chi connectivity index (χ1) is 12.0. The number of fused-ring (bicyclic) bond motifs is 1. The van der Waals surface area contributed by atoms with Gasteiger partial charge in [-0.2, -0.15) is 0 Å². The van der Waals surface area contributed by atoms with E-state index in [0.717, 1.165) is 19.3 Å². The zero-order valence-electron chi connectivity index (χ0n) is 15.6. The van der Waals surface area contributed by atoms with Crippen molar-refractivity contribution in [3.05, 3.63) is 35.9 Å². The van der Waals surface area contributed by atoms with E-state index < -0.39 is 0 Å². The van der Waals surface area contributed by atoms with Gasteiger partial charge >= 0.3 is 0 Å². The monoisotopic (exact) mass is 344 g/mol. The SMILES string of the molecule is CCCN(CCC)C(=O)c1nc(C(=O)NC(C)CC)c2ccccn12. The number of pyridine rings is 1. The average molecular weight is 344 g/mol. The Labute approximate surface area is 149 Å². The smallest absolute Gasteiger partial charge is 0.290 e. The predicted molar refractivity (Wildman–Crippen MR) is 98.9 cm³/mol. The summed E-state index contributed by atoms with van der Waals surface area (Å²) in [6.45, 7) is 9.42. The fraction of sp³-hybridized carbons (Fsp3) is 0.526. The van der Waals surface area contributed by atoms with Crippen LogP contribution in [-0.4, -0.2) is 45.2 Å². The quantitative estimate of drug-likeness (QED) is 0.800. The molecule has 0 aromatic carbocycles. The van der Waals surface area contributed by atoms with Crippen molar-refractivity contribution in [1.29, 1.82) is 0 Å². The third kappa shape index (κ3) is 4.18.